The van der Waals surface area contributed by atoms with E-state index in [2.05, 4.69) is 10.0 Å². The number of hydrogen-bond acceptors (Lipinski definition) is 4. The van der Waals surface area contributed by atoms with Gasteiger partial charge < -0.3 is 10.2 Å². The van der Waals surface area contributed by atoms with E-state index in [0.29, 0.717) is 16.3 Å². The summed E-state index contributed by atoms with van der Waals surface area (Å²) in [4.78, 5) is 14.1. The minimum atomic E-state index is -3.47. The molecule has 0 spiro atoms. The van der Waals surface area contributed by atoms with E-state index in [9.17, 15) is 13.2 Å². The lowest BCUT2D eigenvalue weighted by atomic mass is 10.2. The highest BCUT2D eigenvalue weighted by molar-refractivity contribution is 7.89. The van der Waals surface area contributed by atoms with Crippen molar-refractivity contribution in [2.75, 3.05) is 31.4 Å². The van der Waals surface area contributed by atoms with Crippen LogP contribution in [-0.4, -0.2) is 35.5 Å². The Bertz CT molecular complexity index is 923. The van der Waals surface area contributed by atoms with E-state index >= 15 is 0 Å². The van der Waals surface area contributed by atoms with Gasteiger partial charge in [-0.05, 0) is 49.0 Å². The molecular formula is C18H20ClN3O3S. The first-order valence-corrected chi connectivity index (χ1v) is 9.58. The summed E-state index contributed by atoms with van der Waals surface area (Å²) < 4.78 is 25.6. The monoisotopic (exact) mass is 393 g/mol. The van der Waals surface area contributed by atoms with Crippen molar-refractivity contribution in [3.05, 3.63) is 59.1 Å². The highest BCUT2D eigenvalue weighted by Crippen LogP contribution is 2.27. The molecule has 0 aliphatic heterocycles. The highest BCUT2D eigenvalue weighted by atomic mass is 35.5. The van der Waals surface area contributed by atoms with E-state index in [4.69, 9.17) is 11.6 Å². The molecule has 2 aromatic carbocycles. The van der Waals surface area contributed by atoms with Crippen LogP contribution in [0.4, 0.5) is 11.4 Å². The Morgan fingerprint density at radius 2 is 1.77 bits per heavy atom. The normalized spacial score (nSPS) is 11.5. The van der Waals surface area contributed by atoms with Gasteiger partial charge in [-0.25, -0.2) is 13.1 Å². The fourth-order valence-electron chi connectivity index (χ4n) is 2.18. The topological polar surface area (TPSA) is 78.5 Å². The average molecular weight is 394 g/mol. The molecule has 1 amide bonds. The van der Waals surface area contributed by atoms with E-state index < -0.39 is 10.0 Å². The van der Waals surface area contributed by atoms with Crippen LogP contribution in [0.5, 0.6) is 0 Å². The van der Waals surface area contributed by atoms with Crippen LogP contribution in [0.25, 0.3) is 6.08 Å². The lowest BCUT2D eigenvalue weighted by molar-refractivity contribution is -0.111. The zero-order valence-electron chi connectivity index (χ0n) is 14.7. The summed E-state index contributed by atoms with van der Waals surface area (Å²) in [6, 6.07) is 11.5. The van der Waals surface area contributed by atoms with Gasteiger partial charge in [0.25, 0.3) is 0 Å². The maximum Gasteiger partial charge on any atom is 0.248 e. The minimum Gasteiger partial charge on any atom is -0.376 e. The second-order valence-electron chi connectivity index (χ2n) is 5.66. The maximum atomic E-state index is 12.0. The zero-order chi connectivity index (χ0) is 19.3. The van der Waals surface area contributed by atoms with Crippen molar-refractivity contribution < 1.29 is 13.2 Å². The number of amides is 1. The van der Waals surface area contributed by atoms with Gasteiger partial charge in [-0.1, -0.05) is 23.7 Å². The molecule has 0 bridgehead atoms. The summed E-state index contributed by atoms with van der Waals surface area (Å²) in [6.07, 6.45) is 2.97. The van der Waals surface area contributed by atoms with Gasteiger partial charge in [-0.2, -0.15) is 0 Å². The number of sulfonamides is 1. The number of hydrogen-bond donors (Lipinski definition) is 2. The summed E-state index contributed by atoms with van der Waals surface area (Å²) in [5.74, 6) is -0.314. The number of nitrogens with one attached hydrogen (secondary N) is 2. The van der Waals surface area contributed by atoms with E-state index in [1.165, 1.54) is 25.3 Å². The number of benzene rings is 2. The van der Waals surface area contributed by atoms with Crippen LogP contribution in [0.3, 0.4) is 0 Å². The van der Waals surface area contributed by atoms with Gasteiger partial charge in [0, 0.05) is 25.9 Å². The van der Waals surface area contributed by atoms with Gasteiger partial charge >= 0.3 is 0 Å². The third-order valence-electron chi connectivity index (χ3n) is 3.58. The lowest BCUT2D eigenvalue weighted by Gasteiger charge is -2.15. The maximum absolute atomic E-state index is 12.0. The second-order valence-corrected chi connectivity index (χ2v) is 7.95. The van der Waals surface area contributed by atoms with Crippen LogP contribution in [0.15, 0.2) is 53.4 Å². The average Bonchev–Trinajstić information content (AvgIpc) is 2.60. The molecule has 0 aromatic heterocycles. The summed E-state index contributed by atoms with van der Waals surface area (Å²) in [7, 11) is 1.65. The van der Waals surface area contributed by atoms with Crippen LogP contribution >= 0.6 is 11.6 Å². The largest absolute Gasteiger partial charge is 0.376 e. The Kier molecular flexibility index (Phi) is 6.42. The molecule has 0 aliphatic carbocycles. The standard InChI is InChI=1S/C18H20ClN3O3S/c1-20-26(24,25)15-8-4-13(5-9-15)6-11-18(23)21-14-7-10-17(22(2)3)16(19)12-14/h4-12,20H,1-3H3,(H,21,23). The first kappa shape index (κ1) is 20.0. The van der Waals surface area contributed by atoms with Crippen molar-refractivity contribution in [3.8, 4) is 0 Å². The van der Waals surface area contributed by atoms with E-state index in [1.54, 1.807) is 30.3 Å². The fourth-order valence-corrected chi connectivity index (χ4v) is 3.26. The molecule has 0 saturated carbocycles. The van der Waals surface area contributed by atoms with Crippen LogP contribution in [0, 0.1) is 0 Å². The molecule has 8 heteroatoms. The highest BCUT2D eigenvalue weighted by Gasteiger charge is 2.10. The molecule has 2 aromatic rings. The molecule has 26 heavy (non-hydrogen) atoms. The molecule has 0 aliphatic rings. The first-order valence-electron chi connectivity index (χ1n) is 7.72. The minimum absolute atomic E-state index is 0.164. The Hall–Kier alpha value is -2.35. The van der Waals surface area contributed by atoms with Gasteiger partial charge in [0.1, 0.15) is 0 Å². The molecule has 138 valence electrons. The lowest BCUT2D eigenvalue weighted by Crippen LogP contribution is -2.18. The molecule has 0 radical (unpaired) electrons. The third kappa shape index (κ3) is 5.08. The van der Waals surface area contributed by atoms with Crippen molar-refractivity contribution in [3.63, 3.8) is 0 Å². The second kappa shape index (κ2) is 8.35. The van der Waals surface area contributed by atoms with E-state index in [-0.39, 0.29) is 10.8 Å². The van der Waals surface area contributed by atoms with Crippen LogP contribution in [-0.2, 0) is 14.8 Å². The van der Waals surface area contributed by atoms with Crippen molar-refractivity contribution in [1.29, 1.82) is 0 Å². The Balaban J connectivity index is 2.04. The first-order chi connectivity index (χ1) is 12.2. The van der Waals surface area contributed by atoms with E-state index in [0.717, 1.165) is 5.69 Å². The zero-order valence-corrected chi connectivity index (χ0v) is 16.2. The molecule has 0 fully saturated rings. The van der Waals surface area contributed by atoms with Crippen LogP contribution < -0.4 is 14.9 Å². The van der Waals surface area contributed by atoms with Crippen LogP contribution in [0.1, 0.15) is 5.56 Å². The Morgan fingerprint density at radius 1 is 1.12 bits per heavy atom. The molecule has 0 atom stereocenters. The predicted octanol–water partition coefficient (Wildman–Crippen LogP) is 2.97. The number of rotatable bonds is 6. The molecule has 2 rings (SSSR count). The van der Waals surface area contributed by atoms with Gasteiger partial charge in [0.05, 0.1) is 15.6 Å². The molecule has 0 unspecified atom stereocenters. The quantitative estimate of drug-likeness (QED) is 0.739. The Labute approximate surface area is 158 Å². The van der Waals surface area contributed by atoms with Crippen molar-refractivity contribution in [2.45, 2.75) is 4.90 Å². The third-order valence-corrected chi connectivity index (χ3v) is 5.32. The number of nitrogens with zero attached hydrogens (tertiary/aromatic N) is 1. The van der Waals surface area contributed by atoms with Gasteiger partial charge in [0.2, 0.25) is 15.9 Å². The fraction of sp³-hybridized carbons (Fsp3) is 0.167. The van der Waals surface area contributed by atoms with Crippen molar-refractivity contribution >= 4 is 45.0 Å². The predicted molar refractivity (Wildman–Crippen MR) is 106 cm³/mol. The SMILES string of the molecule is CNS(=O)(=O)c1ccc(C=CC(=O)Nc2ccc(N(C)C)c(Cl)c2)cc1. The van der Waals surface area contributed by atoms with Gasteiger partial charge in [-0.3, -0.25) is 4.79 Å². The van der Waals surface area contributed by atoms with Gasteiger partial charge in [-0.15, -0.1) is 0 Å². The smallest absolute Gasteiger partial charge is 0.248 e. The van der Waals surface area contributed by atoms with Crippen LogP contribution in [0.2, 0.25) is 5.02 Å². The molecular weight excluding hydrogens is 374 g/mol. The summed E-state index contributed by atoms with van der Waals surface area (Å²) in [5, 5.41) is 3.27. The number of carbonyl (C=O) groups excluding carboxylic acids is 1. The van der Waals surface area contributed by atoms with Crippen molar-refractivity contribution in [1.82, 2.24) is 4.72 Å². The van der Waals surface area contributed by atoms with Gasteiger partial charge in [0.15, 0.2) is 0 Å². The summed E-state index contributed by atoms with van der Waals surface area (Å²) >= 11 is 6.18. The summed E-state index contributed by atoms with van der Waals surface area (Å²) in [5.41, 5.74) is 2.15. The molecule has 0 saturated heterocycles. The van der Waals surface area contributed by atoms with E-state index in [1.807, 2.05) is 25.1 Å². The summed E-state index contributed by atoms with van der Waals surface area (Å²) in [6.45, 7) is 0. The number of halogens is 1. The Morgan fingerprint density at radius 3 is 2.31 bits per heavy atom. The van der Waals surface area contributed by atoms with Crippen molar-refractivity contribution in [2.24, 2.45) is 0 Å². The number of carbonyl (C=O) groups is 1. The number of anilines is 2. The molecule has 6 nitrogen and oxygen atoms in total. The molecule has 2 N–H and O–H groups in total. The molecule has 0 heterocycles.